The van der Waals surface area contributed by atoms with E-state index in [-0.39, 0.29) is 17.1 Å². The van der Waals surface area contributed by atoms with Gasteiger partial charge < -0.3 is 19.5 Å². The lowest BCUT2D eigenvalue weighted by molar-refractivity contribution is -0.131. The molecule has 0 aliphatic carbocycles. The number of aryl methyl sites for hydroxylation is 1. The smallest absolute Gasteiger partial charge is 0.357 e. The van der Waals surface area contributed by atoms with E-state index in [0.29, 0.717) is 54.3 Å². The van der Waals surface area contributed by atoms with Crippen molar-refractivity contribution < 1.29 is 18.8 Å². The molecular weight excluding hydrogens is 547 g/mol. The van der Waals surface area contributed by atoms with Crippen LogP contribution in [-0.2, 0) is 11.9 Å². The van der Waals surface area contributed by atoms with Gasteiger partial charge in [0, 0.05) is 55.8 Å². The highest BCUT2D eigenvalue weighted by Gasteiger charge is 2.25. The van der Waals surface area contributed by atoms with E-state index in [1.165, 1.54) is 18.5 Å². The van der Waals surface area contributed by atoms with Crippen molar-refractivity contribution in [1.82, 2.24) is 24.6 Å². The predicted octanol–water partition coefficient (Wildman–Crippen LogP) is 6.18. The van der Waals surface area contributed by atoms with Crippen LogP contribution in [0.15, 0.2) is 79.5 Å². The van der Waals surface area contributed by atoms with Crippen LogP contribution in [0.3, 0.4) is 0 Å². The zero-order valence-electron chi connectivity index (χ0n) is 22.1. The number of rotatable bonds is 7. The number of hydrogen-bond acceptors (Lipinski definition) is 8. The summed E-state index contributed by atoms with van der Waals surface area (Å²) in [6.07, 6.45) is 6.32. The second kappa shape index (κ2) is 11.5. The van der Waals surface area contributed by atoms with Gasteiger partial charge in [0.15, 0.2) is 0 Å². The van der Waals surface area contributed by atoms with Crippen LogP contribution in [0.25, 0.3) is 22.2 Å². The first kappa shape index (κ1) is 26.7. The average Bonchev–Trinajstić information content (AvgIpc) is 3.42. The Kier molecular flexibility index (Phi) is 7.49. The first-order valence-electron chi connectivity index (χ1n) is 13.1. The van der Waals surface area contributed by atoms with Gasteiger partial charge in [-0.3, -0.25) is 0 Å². The summed E-state index contributed by atoms with van der Waals surface area (Å²) >= 11 is 5.98. The molecule has 41 heavy (non-hydrogen) atoms. The van der Waals surface area contributed by atoms with Gasteiger partial charge in [-0.25, -0.2) is 24.1 Å². The molecule has 1 aliphatic rings. The van der Waals surface area contributed by atoms with E-state index < -0.39 is 5.82 Å². The van der Waals surface area contributed by atoms with Crippen LogP contribution in [0.5, 0.6) is 5.75 Å². The van der Waals surface area contributed by atoms with Crippen molar-refractivity contribution in [2.24, 2.45) is 7.05 Å². The van der Waals surface area contributed by atoms with Gasteiger partial charge in [0.2, 0.25) is 0 Å². The number of nitrogens with zero attached hydrogens (tertiary/aromatic N) is 5. The Balaban J connectivity index is 1.25. The molecule has 0 spiro atoms. The average molecular weight is 573 g/mol. The molecule has 1 saturated heterocycles. The number of benzene rings is 3. The van der Waals surface area contributed by atoms with Gasteiger partial charge in [0.1, 0.15) is 29.8 Å². The number of hydroxylamine groups is 2. The quantitative estimate of drug-likeness (QED) is 0.247. The van der Waals surface area contributed by atoms with Gasteiger partial charge in [-0.05, 0) is 42.5 Å². The van der Waals surface area contributed by atoms with Crippen LogP contribution in [0.1, 0.15) is 23.2 Å². The van der Waals surface area contributed by atoms with Gasteiger partial charge >= 0.3 is 5.97 Å². The van der Waals surface area contributed by atoms with E-state index in [1.807, 2.05) is 36.0 Å². The zero-order chi connectivity index (χ0) is 28.3. The maximum atomic E-state index is 13.7. The third-order valence-corrected chi connectivity index (χ3v) is 7.11. The van der Waals surface area contributed by atoms with Crippen molar-refractivity contribution in [3.63, 3.8) is 0 Å². The fourth-order valence-electron chi connectivity index (χ4n) is 4.71. The first-order chi connectivity index (χ1) is 19.9. The molecule has 9 nitrogen and oxygen atoms in total. The number of carbonyl (C=O) groups is 1. The van der Waals surface area contributed by atoms with Crippen molar-refractivity contribution in [3.8, 4) is 17.0 Å². The minimum atomic E-state index is -0.499. The molecule has 0 radical (unpaired) electrons. The normalized spacial score (nSPS) is 14.2. The Morgan fingerprint density at radius 1 is 1.05 bits per heavy atom. The molecule has 3 heterocycles. The second-order valence-electron chi connectivity index (χ2n) is 9.76. The van der Waals surface area contributed by atoms with E-state index in [4.69, 9.17) is 21.2 Å². The van der Waals surface area contributed by atoms with Crippen LogP contribution in [-0.4, -0.2) is 49.7 Å². The molecule has 1 aliphatic heterocycles. The summed E-state index contributed by atoms with van der Waals surface area (Å²) in [6, 6.07) is 17.1. The van der Waals surface area contributed by atoms with Crippen LogP contribution in [0.4, 0.5) is 15.9 Å². The molecule has 0 atom stereocenters. The maximum absolute atomic E-state index is 13.7. The summed E-state index contributed by atoms with van der Waals surface area (Å²) in [7, 11) is 1.91. The lowest BCUT2D eigenvalue weighted by Gasteiger charge is -2.31. The third kappa shape index (κ3) is 5.98. The minimum absolute atomic E-state index is 0.00983. The summed E-state index contributed by atoms with van der Waals surface area (Å²) in [5.74, 6) is 0.282. The lowest BCUT2D eigenvalue weighted by atomic mass is 10.1. The highest BCUT2D eigenvalue weighted by atomic mass is 35.5. The van der Waals surface area contributed by atoms with E-state index in [0.717, 1.165) is 16.6 Å². The maximum Gasteiger partial charge on any atom is 0.357 e. The molecule has 0 unspecified atom stereocenters. The van der Waals surface area contributed by atoms with E-state index in [1.54, 1.807) is 41.7 Å². The Morgan fingerprint density at radius 2 is 1.85 bits per heavy atom. The molecule has 2 aromatic heterocycles. The largest absolute Gasteiger partial charge is 0.490 e. The molecule has 0 bridgehead atoms. The zero-order valence-corrected chi connectivity index (χ0v) is 22.9. The van der Waals surface area contributed by atoms with Gasteiger partial charge in [-0.15, -0.1) is 5.06 Å². The molecule has 0 saturated carbocycles. The number of hydrogen-bond donors (Lipinski definition) is 1. The SMILES string of the molecule is Cn1cnc(-c2cc3ncnc(Nc4ccc(F)c(Cl)c4)c3cc2OC2CCN(OC(=O)c3ccccc3)CC2)c1. The second-order valence-corrected chi connectivity index (χ2v) is 10.2. The summed E-state index contributed by atoms with van der Waals surface area (Å²) in [6.45, 7) is 1.08. The number of ether oxygens (including phenoxy) is 1. The van der Waals surface area contributed by atoms with Crippen LogP contribution >= 0.6 is 11.6 Å². The van der Waals surface area contributed by atoms with E-state index in [9.17, 15) is 9.18 Å². The summed E-state index contributed by atoms with van der Waals surface area (Å²) < 4.78 is 22.1. The highest BCUT2D eigenvalue weighted by Crippen LogP contribution is 2.37. The monoisotopic (exact) mass is 572 g/mol. The van der Waals surface area contributed by atoms with Crippen LogP contribution in [0.2, 0.25) is 5.02 Å². The number of carbonyl (C=O) groups excluding carboxylic acids is 1. The molecule has 5 aromatic rings. The van der Waals surface area contributed by atoms with Crippen molar-refractivity contribution in [1.29, 1.82) is 0 Å². The van der Waals surface area contributed by atoms with Gasteiger partial charge in [-0.1, -0.05) is 29.8 Å². The van der Waals surface area contributed by atoms with Crippen molar-refractivity contribution in [2.45, 2.75) is 18.9 Å². The molecule has 11 heteroatoms. The Morgan fingerprint density at radius 3 is 2.59 bits per heavy atom. The number of anilines is 2. The molecule has 1 fully saturated rings. The third-order valence-electron chi connectivity index (χ3n) is 6.82. The van der Waals surface area contributed by atoms with Crippen molar-refractivity contribution >= 4 is 40.0 Å². The first-order valence-corrected chi connectivity index (χ1v) is 13.5. The van der Waals surface area contributed by atoms with Crippen LogP contribution in [0, 0.1) is 5.82 Å². The standard InChI is InChI=1S/C30H26ClFN6O3/c1-37-16-27(35-18-37)22-14-26-23(29(34-17-33-26)36-20-7-8-25(32)24(31)13-20)15-28(22)40-21-9-11-38(12-10-21)41-30(39)19-5-3-2-4-6-19/h2-8,13-18,21H,9-12H2,1H3,(H,33,34,36). The molecule has 0 amide bonds. The molecular formula is C30H26ClFN6O3. The molecule has 3 aromatic carbocycles. The predicted molar refractivity (Wildman–Crippen MR) is 154 cm³/mol. The number of imidazole rings is 1. The number of piperidine rings is 1. The minimum Gasteiger partial charge on any atom is -0.490 e. The number of halogens is 2. The van der Waals surface area contributed by atoms with E-state index >= 15 is 0 Å². The molecule has 208 valence electrons. The Bertz CT molecular complexity index is 1710. The summed E-state index contributed by atoms with van der Waals surface area (Å²) in [5.41, 5.74) is 3.33. The summed E-state index contributed by atoms with van der Waals surface area (Å²) in [5, 5.41) is 5.62. The van der Waals surface area contributed by atoms with Gasteiger partial charge in [0.25, 0.3) is 0 Å². The fourth-order valence-corrected chi connectivity index (χ4v) is 4.89. The van der Waals surface area contributed by atoms with Gasteiger partial charge in [0.05, 0.1) is 28.1 Å². The number of nitrogens with one attached hydrogen (secondary N) is 1. The van der Waals surface area contributed by atoms with E-state index in [2.05, 4.69) is 20.3 Å². The topological polar surface area (TPSA) is 94.4 Å². The number of fused-ring (bicyclic) bond motifs is 1. The highest BCUT2D eigenvalue weighted by molar-refractivity contribution is 6.31. The lowest BCUT2D eigenvalue weighted by Crippen LogP contribution is -2.39. The molecule has 1 N–H and O–H groups in total. The summed E-state index contributed by atoms with van der Waals surface area (Å²) in [4.78, 5) is 31.5. The van der Waals surface area contributed by atoms with Crippen LogP contribution < -0.4 is 10.1 Å². The van der Waals surface area contributed by atoms with Crippen molar-refractivity contribution in [2.75, 3.05) is 18.4 Å². The fraction of sp³-hybridized carbons (Fsp3) is 0.200. The Hall–Kier alpha value is -4.54. The van der Waals surface area contributed by atoms with Crippen molar-refractivity contribution in [3.05, 3.63) is 95.9 Å². The number of aromatic nitrogens is 4. The molecule has 6 rings (SSSR count). The van der Waals surface area contributed by atoms with Gasteiger partial charge in [-0.2, -0.15) is 0 Å². The Labute approximate surface area is 240 Å².